The van der Waals surface area contributed by atoms with E-state index in [4.69, 9.17) is 5.26 Å². The molecule has 1 heterocycles. The summed E-state index contributed by atoms with van der Waals surface area (Å²) in [4.78, 5) is 12.3. The van der Waals surface area contributed by atoms with Gasteiger partial charge < -0.3 is 5.32 Å². The minimum atomic E-state index is -0.350. The molecule has 0 radical (unpaired) electrons. The Morgan fingerprint density at radius 2 is 2.29 bits per heavy atom. The molecule has 88 valence electrons. The van der Waals surface area contributed by atoms with Gasteiger partial charge in [-0.3, -0.25) is 4.79 Å². The topological polar surface area (TPSA) is 52.9 Å². The van der Waals surface area contributed by atoms with Crippen LogP contribution in [0, 0.1) is 16.7 Å². The van der Waals surface area contributed by atoms with E-state index in [1.54, 1.807) is 11.8 Å². The van der Waals surface area contributed by atoms with Crippen molar-refractivity contribution in [3.8, 4) is 6.07 Å². The summed E-state index contributed by atoms with van der Waals surface area (Å²) >= 11 is 1.55. The Balaban J connectivity index is 2.23. The molecule has 1 N–H and O–H groups in total. The molecule has 17 heavy (non-hydrogen) atoms. The summed E-state index contributed by atoms with van der Waals surface area (Å²) in [7, 11) is 0. The lowest BCUT2D eigenvalue weighted by molar-refractivity contribution is -0.113. The van der Waals surface area contributed by atoms with Gasteiger partial charge in [0, 0.05) is 4.90 Å². The number of thioether (sulfide) groups is 1. The number of fused-ring (bicyclic) bond motifs is 1. The molecule has 0 fully saturated rings. The lowest BCUT2D eigenvalue weighted by atomic mass is 9.87. The Bertz CT molecular complexity index is 503. The minimum absolute atomic E-state index is 0.0487. The van der Waals surface area contributed by atoms with E-state index in [1.165, 1.54) is 0 Å². The van der Waals surface area contributed by atoms with Gasteiger partial charge in [-0.25, -0.2) is 0 Å². The molecule has 1 aromatic rings. The number of hydrogen-bond donors (Lipinski definition) is 1. The predicted molar refractivity (Wildman–Crippen MR) is 68.9 cm³/mol. The van der Waals surface area contributed by atoms with Crippen LogP contribution in [-0.2, 0) is 11.2 Å². The third-order valence-electron chi connectivity index (χ3n) is 2.63. The number of rotatable bonds is 2. The van der Waals surface area contributed by atoms with E-state index in [-0.39, 0.29) is 11.3 Å². The van der Waals surface area contributed by atoms with Crippen LogP contribution in [0.25, 0.3) is 0 Å². The zero-order valence-electron chi connectivity index (χ0n) is 9.91. The summed E-state index contributed by atoms with van der Waals surface area (Å²) in [6, 6.07) is 8.26. The van der Waals surface area contributed by atoms with Gasteiger partial charge >= 0.3 is 0 Å². The smallest absolute Gasteiger partial charge is 0.234 e. The number of benzene rings is 1. The van der Waals surface area contributed by atoms with Crippen LogP contribution < -0.4 is 5.32 Å². The number of carbonyl (C=O) groups is 1. The van der Waals surface area contributed by atoms with Gasteiger partial charge in [-0.1, -0.05) is 6.07 Å². The maximum absolute atomic E-state index is 11.2. The molecule has 2 rings (SSSR count). The van der Waals surface area contributed by atoms with Crippen molar-refractivity contribution in [1.29, 1.82) is 5.26 Å². The highest BCUT2D eigenvalue weighted by Crippen LogP contribution is 2.33. The van der Waals surface area contributed by atoms with Crippen molar-refractivity contribution < 1.29 is 4.79 Å². The van der Waals surface area contributed by atoms with Crippen molar-refractivity contribution in [2.24, 2.45) is 5.41 Å². The molecule has 0 bridgehead atoms. The fraction of sp³-hybridized carbons (Fsp3) is 0.385. The molecule has 0 aromatic heterocycles. The fourth-order valence-corrected chi connectivity index (χ4v) is 2.65. The second kappa shape index (κ2) is 4.42. The van der Waals surface area contributed by atoms with Crippen molar-refractivity contribution in [3.05, 3.63) is 23.8 Å². The van der Waals surface area contributed by atoms with Crippen LogP contribution in [0.4, 0.5) is 5.69 Å². The molecule has 0 unspecified atom stereocenters. The average molecular weight is 246 g/mol. The lowest BCUT2D eigenvalue weighted by Gasteiger charge is -2.19. The summed E-state index contributed by atoms with van der Waals surface area (Å²) in [5.74, 6) is 0.519. The van der Waals surface area contributed by atoms with Crippen molar-refractivity contribution in [2.45, 2.75) is 25.2 Å². The number of carbonyl (C=O) groups excluding carboxylic acids is 1. The van der Waals surface area contributed by atoms with Crippen LogP contribution in [0.2, 0.25) is 0 Å². The summed E-state index contributed by atoms with van der Waals surface area (Å²) in [5, 5.41) is 11.9. The van der Waals surface area contributed by atoms with Crippen LogP contribution in [0.1, 0.15) is 19.4 Å². The minimum Gasteiger partial charge on any atom is -0.324 e. The molecule has 1 amide bonds. The normalized spacial score (nSPS) is 14.8. The summed E-state index contributed by atoms with van der Waals surface area (Å²) in [6.45, 7) is 3.86. The van der Waals surface area contributed by atoms with Crippen LogP contribution >= 0.6 is 11.8 Å². The highest BCUT2D eigenvalue weighted by molar-refractivity contribution is 8.00. The van der Waals surface area contributed by atoms with Gasteiger partial charge in [-0.2, -0.15) is 5.26 Å². The highest BCUT2D eigenvalue weighted by atomic mass is 32.2. The van der Waals surface area contributed by atoms with E-state index < -0.39 is 0 Å². The number of nitrogens with zero attached hydrogens (tertiary/aromatic N) is 1. The van der Waals surface area contributed by atoms with Gasteiger partial charge in [-0.15, -0.1) is 11.8 Å². The summed E-state index contributed by atoms with van der Waals surface area (Å²) in [6.07, 6.45) is 0.727. The molecule has 1 aliphatic rings. The summed E-state index contributed by atoms with van der Waals surface area (Å²) in [5.41, 5.74) is 1.67. The monoisotopic (exact) mass is 246 g/mol. The third kappa shape index (κ3) is 2.80. The number of nitrogens with one attached hydrogen (secondary N) is 1. The Hall–Kier alpha value is -1.47. The second-order valence-corrected chi connectivity index (χ2v) is 5.86. The number of anilines is 1. The lowest BCUT2D eigenvalue weighted by Crippen LogP contribution is -2.19. The molecule has 0 saturated carbocycles. The molecule has 0 aliphatic carbocycles. The Kier molecular flexibility index (Phi) is 3.12. The molecule has 0 saturated heterocycles. The first-order valence-electron chi connectivity index (χ1n) is 5.47. The molecule has 1 aliphatic heterocycles. The maximum Gasteiger partial charge on any atom is 0.234 e. The van der Waals surface area contributed by atoms with Crippen LogP contribution in [-0.4, -0.2) is 11.7 Å². The van der Waals surface area contributed by atoms with Crippen LogP contribution in [0.5, 0.6) is 0 Å². The van der Waals surface area contributed by atoms with Crippen molar-refractivity contribution in [3.63, 3.8) is 0 Å². The first-order valence-corrected chi connectivity index (χ1v) is 6.45. The fourth-order valence-electron chi connectivity index (χ4n) is 1.78. The molecular formula is C13H14N2OS. The molecule has 0 spiro atoms. The van der Waals surface area contributed by atoms with E-state index in [1.807, 2.05) is 26.0 Å². The molecule has 0 atom stereocenters. The Morgan fingerprint density at radius 1 is 1.53 bits per heavy atom. The number of nitriles is 1. The van der Waals surface area contributed by atoms with Crippen LogP contribution in [0.3, 0.4) is 0 Å². The average Bonchev–Trinajstić information content (AvgIpc) is 2.29. The third-order valence-corrected chi connectivity index (χ3v) is 3.68. The number of amides is 1. The van der Waals surface area contributed by atoms with Crippen LogP contribution in [0.15, 0.2) is 23.1 Å². The standard InChI is InChI=1S/C13H14N2OS/c1-13(2,8-14)6-9-3-4-10-11(5-9)17-7-12(16)15-10/h3-5H,6-7H2,1-2H3,(H,15,16). The van der Waals surface area contributed by atoms with Gasteiger partial charge in [0.1, 0.15) is 0 Å². The zero-order valence-corrected chi connectivity index (χ0v) is 10.7. The molecule has 1 aromatic carbocycles. The first-order chi connectivity index (χ1) is 8.00. The van der Waals surface area contributed by atoms with Gasteiger partial charge in [0.25, 0.3) is 0 Å². The zero-order chi connectivity index (χ0) is 12.5. The maximum atomic E-state index is 11.2. The van der Waals surface area contributed by atoms with E-state index in [9.17, 15) is 4.79 Å². The second-order valence-electron chi connectivity index (χ2n) is 4.84. The van der Waals surface area contributed by atoms with Gasteiger partial charge in [0.2, 0.25) is 5.91 Å². The van der Waals surface area contributed by atoms with Crippen molar-refractivity contribution >= 4 is 23.4 Å². The first kappa shape index (κ1) is 12.0. The van der Waals surface area contributed by atoms with E-state index in [0.717, 1.165) is 22.6 Å². The van der Waals surface area contributed by atoms with E-state index in [0.29, 0.717) is 5.75 Å². The summed E-state index contributed by atoms with van der Waals surface area (Å²) < 4.78 is 0. The Labute approximate surface area is 105 Å². The number of hydrogen-bond acceptors (Lipinski definition) is 3. The van der Waals surface area contributed by atoms with E-state index >= 15 is 0 Å². The predicted octanol–water partition coefficient (Wildman–Crippen LogP) is 2.82. The molecule has 3 nitrogen and oxygen atoms in total. The quantitative estimate of drug-likeness (QED) is 0.873. The van der Waals surface area contributed by atoms with Gasteiger partial charge in [-0.05, 0) is 38.0 Å². The Morgan fingerprint density at radius 3 is 3.00 bits per heavy atom. The van der Waals surface area contributed by atoms with Crippen molar-refractivity contribution in [1.82, 2.24) is 0 Å². The van der Waals surface area contributed by atoms with Crippen molar-refractivity contribution in [2.75, 3.05) is 11.1 Å². The highest BCUT2D eigenvalue weighted by Gasteiger charge is 2.20. The molecular weight excluding hydrogens is 232 g/mol. The van der Waals surface area contributed by atoms with Gasteiger partial charge in [0.05, 0.1) is 22.9 Å². The van der Waals surface area contributed by atoms with Gasteiger partial charge in [0.15, 0.2) is 0 Å². The molecule has 4 heteroatoms. The SMILES string of the molecule is CC(C)(C#N)Cc1ccc2c(c1)SCC(=O)N2. The van der Waals surface area contributed by atoms with E-state index in [2.05, 4.69) is 17.5 Å². The largest absolute Gasteiger partial charge is 0.324 e.